The van der Waals surface area contributed by atoms with Gasteiger partial charge < -0.3 is 0 Å². The van der Waals surface area contributed by atoms with Gasteiger partial charge in [0.25, 0.3) is 0 Å². The predicted molar refractivity (Wildman–Crippen MR) is 124 cm³/mol. The Morgan fingerprint density at radius 1 is 0.971 bits per heavy atom. The lowest BCUT2D eigenvalue weighted by molar-refractivity contribution is -0.249. The van der Waals surface area contributed by atoms with Crippen LogP contribution >= 0.6 is 11.6 Å². The highest BCUT2D eigenvalue weighted by Gasteiger charge is 2.63. The van der Waals surface area contributed by atoms with Crippen molar-refractivity contribution in [2.45, 2.75) is 29.5 Å². The van der Waals surface area contributed by atoms with E-state index >= 15 is 0 Å². The molecule has 1 heterocycles. The lowest BCUT2D eigenvalue weighted by atomic mass is 9.95. The van der Waals surface area contributed by atoms with Gasteiger partial charge in [0.1, 0.15) is 11.5 Å². The van der Waals surface area contributed by atoms with Crippen molar-refractivity contribution in [1.29, 1.82) is 0 Å². The molecule has 3 aromatic carbocycles. The van der Waals surface area contributed by atoms with Gasteiger partial charge in [-0.2, -0.15) is 27.1 Å². The van der Waals surface area contributed by atoms with Gasteiger partial charge in [-0.1, -0.05) is 41.9 Å². The number of nitrogens with zero attached hydrogens (tertiary/aromatic N) is 2. The fourth-order valence-corrected chi connectivity index (χ4v) is 4.46. The first kappa shape index (κ1) is 25.2. The zero-order chi connectivity index (χ0) is 25.5. The second kappa shape index (κ2) is 9.31. The molecule has 2 atom stereocenters. The van der Waals surface area contributed by atoms with Gasteiger partial charge in [-0.3, -0.25) is 9.22 Å². The number of halogens is 7. The number of hydrogen-bond donors (Lipinski definition) is 0. The number of hydrazone groups is 1. The van der Waals surface area contributed by atoms with E-state index in [1.165, 1.54) is 18.4 Å². The molecule has 184 valence electrons. The molecule has 11 heteroatoms. The molecule has 0 aliphatic carbocycles. The molecule has 4 rings (SSSR count). The summed E-state index contributed by atoms with van der Waals surface area (Å²) in [5.74, 6) is -6.10. The lowest BCUT2D eigenvalue weighted by Gasteiger charge is -2.25. The summed E-state index contributed by atoms with van der Waals surface area (Å²) in [6, 6.07) is 15.6. The maximum atomic E-state index is 14.7. The quantitative estimate of drug-likeness (QED) is 0.322. The zero-order valence-electron chi connectivity index (χ0n) is 18.0. The van der Waals surface area contributed by atoms with Gasteiger partial charge in [-0.15, -0.1) is 0 Å². The first-order valence-corrected chi connectivity index (χ1v) is 12.1. The van der Waals surface area contributed by atoms with E-state index in [1.807, 2.05) is 0 Å². The third-order valence-corrected chi connectivity index (χ3v) is 6.75. The van der Waals surface area contributed by atoms with E-state index in [0.717, 1.165) is 11.1 Å². The third-order valence-electron chi connectivity index (χ3n) is 5.58. The Balaban J connectivity index is 1.77. The van der Waals surface area contributed by atoms with Crippen molar-refractivity contribution >= 4 is 33.8 Å². The average Bonchev–Trinajstić information content (AvgIpc) is 3.24. The Morgan fingerprint density at radius 3 is 2.26 bits per heavy atom. The number of hydrogen-bond acceptors (Lipinski definition) is 3. The molecule has 3 nitrogen and oxygen atoms in total. The van der Waals surface area contributed by atoms with Crippen LogP contribution in [-0.2, 0) is 10.8 Å². The van der Waals surface area contributed by atoms with E-state index in [1.54, 1.807) is 48.5 Å². The lowest BCUT2D eigenvalue weighted by Crippen LogP contribution is -2.43. The highest BCUT2D eigenvalue weighted by Crippen LogP contribution is 2.45. The maximum Gasteiger partial charge on any atom is 0.459 e. The van der Waals surface area contributed by atoms with Crippen LogP contribution in [0.15, 0.2) is 76.7 Å². The highest BCUT2D eigenvalue weighted by atomic mass is 35.5. The van der Waals surface area contributed by atoms with E-state index in [4.69, 9.17) is 11.6 Å². The summed E-state index contributed by atoms with van der Waals surface area (Å²) in [5, 5.41) is 4.41. The minimum atomic E-state index is -5.85. The minimum absolute atomic E-state index is 0.0327. The molecule has 0 spiro atoms. The standard InChI is InChI=1S/C24H17ClF6N2OS/c1-35(34)18-8-5-14(6-9-18)15-3-2-4-16(11-15)21-13-22(23(27,28)24(29,30)31)32-33(21)20-10-7-17(25)12-19(20)26/h2-12,21H,13H2,1H3. The van der Waals surface area contributed by atoms with Gasteiger partial charge in [0, 0.05) is 33.4 Å². The highest BCUT2D eigenvalue weighted by molar-refractivity contribution is 7.84. The molecule has 0 saturated heterocycles. The van der Waals surface area contributed by atoms with Gasteiger partial charge in [0.05, 0.1) is 11.7 Å². The van der Waals surface area contributed by atoms with Crippen molar-refractivity contribution in [3.63, 3.8) is 0 Å². The number of anilines is 1. The Bertz CT molecular complexity index is 1310. The second-order valence-electron chi connectivity index (χ2n) is 7.88. The predicted octanol–water partition coefficient (Wildman–Crippen LogP) is 7.39. The molecule has 0 aromatic heterocycles. The zero-order valence-corrected chi connectivity index (χ0v) is 19.6. The Morgan fingerprint density at radius 2 is 1.66 bits per heavy atom. The molecule has 2 unspecified atom stereocenters. The van der Waals surface area contributed by atoms with Gasteiger partial charge in [-0.05, 0) is 53.1 Å². The van der Waals surface area contributed by atoms with Crippen molar-refractivity contribution in [3.8, 4) is 11.1 Å². The molecule has 0 saturated carbocycles. The summed E-state index contributed by atoms with van der Waals surface area (Å²) in [5.41, 5.74) is 0.0161. The smallest absolute Gasteiger partial charge is 0.255 e. The van der Waals surface area contributed by atoms with Gasteiger partial charge >= 0.3 is 12.1 Å². The number of rotatable bonds is 5. The molecule has 0 N–H and O–H groups in total. The Labute approximate surface area is 204 Å². The van der Waals surface area contributed by atoms with Crippen LogP contribution in [0.2, 0.25) is 5.02 Å². The van der Waals surface area contributed by atoms with Crippen LogP contribution in [0.5, 0.6) is 0 Å². The summed E-state index contributed by atoms with van der Waals surface area (Å²) < 4.78 is 94.0. The van der Waals surface area contributed by atoms with E-state index < -0.39 is 46.9 Å². The molecule has 3 aromatic rings. The summed E-state index contributed by atoms with van der Waals surface area (Å²) in [4.78, 5) is 0.609. The van der Waals surface area contributed by atoms with E-state index in [-0.39, 0.29) is 10.7 Å². The maximum absolute atomic E-state index is 14.7. The molecule has 0 fully saturated rings. The topological polar surface area (TPSA) is 32.7 Å². The van der Waals surface area contributed by atoms with Crippen molar-refractivity contribution in [2.75, 3.05) is 11.3 Å². The molecule has 1 aliphatic rings. The largest absolute Gasteiger partial charge is 0.459 e. The van der Waals surface area contributed by atoms with Gasteiger partial charge in [0.2, 0.25) is 0 Å². The van der Waals surface area contributed by atoms with Crippen LogP contribution in [0.3, 0.4) is 0 Å². The normalized spacial score (nSPS) is 17.4. The molecular weight excluding hydrogens is 514 g/mol. The Hall–Kier alpha value is -2.85. The van der Waals surface area contributed by atoms with Crippen LogP contribution in [0.1, 0.15) is 18.0 Å². The summed E-state index contributed by atoms with van der Waals surface area (Å²) in [6.07, 6.45) is -5.09. The summed E-state index contributed by atoms with van der Waals surface area (Å²) in [7, 11) is -1.18. The molecule has 0 amide bonds. The molecular formula is C24H17ClF6N2OS. The third kappa shape index (κ3) is 4.95. The number of benzene rings is 3. The molecule has 35 heavy (non-hydrogen) atoms. The average molecular weight is 531 g/mol. The fraction of sp³-hybridized carbons (Fsp3) is 0.208. The van der Waals surface area contributed by atoms with Crippen molar-refractivity contribution in [1.82, 2.24) is 0 Å². The van der Waals surface area contributed by atoms with Gasteiger partial charge in [0.15, 0.2) is 0 Å². The first-order chi connectivity index (χ1) is 16.4. The van der Waals surface area contributed by atoms with Crippen LogP contribution in [0, 0.1) is 5.82 Å². The summed E-state index contributed by atoms with van der Waals surface area (Å²) in [6.45, 7) is 0. The van der Waals surface area contributed by atoms with Crippen LogP contribution in [-0.4, -0.2) is 28.3 Å². The molecule has 0 radical (unpaired) electrons. The molecule has 1 aliphatic heterocycles. The monoisotopic (exact) mass is 530 g/mol. The minimum Gasteiger partial charge on any atom is -0.255 e. The fourth-order valence-electron chi connectivity index (χ4n) is 3.78. The van der Waals surface area contributed by atoms with E-state index in [0.29, 0.717) is 21.6 Å². The van der Waals surface area contributed by atoms with Crippen molar-refractivity contribution in [3.05, 3.63) is 83.1 Å². The van der Waals surface area contributed by atoms with Crippen molar-refractivity contribution in [2.24, 2.45) is 5.10 Å². The molecule has 0 bridgehead atoms. The van der Waals surface area contributed by atoms with Gasteiger partial charge in [-0.25, -0.2) is 4.39 Å². The second-order valence-corrected chi connectivity index (χ2v) is 9.70. The first-order valence-electron chi connectivity index (χ1n) is 10.2. The van der Waals surface area contributed by atoms with Crippen LogP contribution in [0.4, 0.5) is 32.0 Å². The van der Waals surface area contributed by atoms with Crippen LogP contribution < -0.4 is 5.01 Å². The Kier molecular flexibility index (Phi) is 6.72. The number of alkyl halides is 5. The SMILES string of the molecule is CS(=O)c1ccc(-c2cccc(C3CC(C(F)(F)C(F)(F)F)=NN3c3ccc(Cl)cc3F)c2)cc1. The van der Waals surface area contributed by atoms with Crippen molar-refractivity contribution < 1.29 is 30.6 Å². The van der Waals surface area contributed by atoms with E-state index in [2.05, 4.69) is 5.10 Å². The summed E-state index contributed by atoms with van der Waals surface area (Å²) >= 11 is 5.78. The van der Waals surface area contributed by atoms with E-state index in [9.17, 15) is 30.6 Å². The van der Waals surface area contributed by atoms with Crippen LogP contribution in [0.25, 0.3) is 11.1 Å².